The number of imide groups is 1. The molecule has 1 aliphatic heterocycles. The van der Waals surface area contributed by atoms with Crippen molar-refractivity contribution in [3.05, 3.63) is 29.8 Å². The van der Waals surface area contributed by atoms with Crippen molar-refractivity contribution in [2.75, 3.05) is 0 Å². The lowest BCUT2D eigenvalue weighted by atomic mass is 9.67. The molecule has 1 heterocycles. The Morgan fingerprint density at radius 1 is 1.15 bits per heavy atom. The van der Waals surface area contributed by atoms with Gasteiger partial charge in [-0.2, -0.15) is 8.78 Å². The Morgan fingerprint density at radius 3 is 2.22 bits per heavy atom. The number of carbonyl (C=O) groups excluding carboxylic acids is 2. The summed E-state index contributed by atoms with van der Waals surface area (Å²) >= 11 is 0. The van der Waals surface area contributed by atoms with E-state index in [1.54, 1.807) is 0 Å². The van der Waals surface area contributed by atoms with Crippen LogP contribution in [0.15, 0.2) is 29.2 Å². The summed E-state index contributed by atoms with van der Waals surface area (Å²) in [7, 11) is -4.67. The molecule has 9 heteroatoms. The highest BCUT2D eigenvalue weighted by molar-refractivity contribution is 7.91. The zero-order chi connectivity index (χ0) is 20.0. The first-order valence-corrected chi connectivity index (χ1v) is 10.4. The summed E-state index contributed by atoms with van der Waals surface area (Å²) in [6.45, 7) is 3.88. The van der Waals surface area contributed by atoms with E-state index in [1.165, 1.54) is 12.1 Å². The highest BCUT2D eigenvalue weighted by Crippen LogP contribution is 2.42. The fourth-order valence-corrected chi connectivity index (χ4v) is 4.89. The van der Waals surface area contributed by atoms with E-state index < -0.39 is 32.1 Å². The number of rotatable bonds is 4. The summed E-state index contributed by atoms with van der Waals surface area (Å²) in [5.41, 5.74) is -0.422. The summed E-state index contributed by atoms with van der Waals surface area (Å²) in [5, 5.41) is 2.88. The highest BCUT2D eigenvalue weighted by Gasteiger charge is 2.58. The molecule has 0 radical (unpaired) electrons. The van der Waals surface area contributed by atoms with Crippen molar-refractivity contribution in [2.24, 2.45) is 11.8 Å². The lowest BCUT2D eigenvalue weighted by molar-refractivity contribution is -0.136. The smallest absolute Gasteiger partial charge is 0.323 e. The van der Waals surface area contributed by atoms with E-state index >= 15 is 0 Å². The van der Waals surface area contributed by atoms with Crippen LogP contribution in [0.2, 0.25) is 0 Å². The monoisotopic (exact) mass is 400 g/mol. The molecule has 1 saturated carbocycles. The summed E-state index contributed by atoms with van der Waals surface area (Å²) in [6.07, 6.45) is 2.71. The van der Waals surface area contributed by atoms with Gasteiger partial charge in [-0.3, -0.25) is 9.69 Å². The number of amides is 3. The quantitative estimate of drug-likeness (QED) is 0.788. The van der Waals surface area contributed by atoms with Crippen LogP contribution in [0.5, 0.6) is 0 Å². The zero-order valence-electron chi connectivity index (χ0n) is 15.1. The maximum Gasteiger partial charge on any atom is 0.341 e. The van der Waals surface area contributed by atoms with Crippen molar-refractivity contribution >= 4 is 21.8 Å². The van der Waals surface area contributed by atoms with E-state index in [0.717, 1.165) is 36.3 Å². The molecule has 1 aromatic carbocycles. The molecule has 148 valence electrons. The molecule has 1 spiro atoms. The third-order valence-electron chi connectivity index (χ3n) is 5.81. The van der Waals surface area contributed by atoms with Gasteiger partial charge in [0.15, 0.2) is 0 Å². The minimum absolute atomic E-state index is 0.0151. The third-order valence-corrected chi connectivity index (χ3v) is 7.21. The van der Waals surface area contributed by atoms with Gasteiger partial charge in [-0.05, 0) is 42.4 Å². The van der Waals surface area contributed by atoms with Crippen molar-refractivity contribution in [1.29, 1.82) is 0 Å². The van der Waals surface area contributed by atoms with Crippen molar-refractivity contribution in [1.82, 2.24) is 10.2 Å². The van der Waals surface area contributed by atoms with Gasteiger partial charge in [0.05, 0.1) is 11.4 Å². The van der Waals surface area contributed by atoms with E-state index in [4.69, 9.17) is 0 Å². The summed E-state index contributed by atoms with van der Waals surface area (Å²) < 4.78 is 48.2. The van der Waals surface area contributed by atoms with Crippen LogP contribution in [-0.4, -0.2) is 36.6 Å². The van der Waals surface area contributed by atoms with Gasteiger partial charge in [-0.15, -0.1) is 0 Å². The Hall–Kier alpha value is -2.03. The van der Waals surface area contributed by atoms with Crippen molar-refractivity contribution in [2.45, 2.75) is 55.8 Å². The molecule has 1 aromatic rings. The van der Waals surface area contributed by atoms with Gasteiger partial charge < -0.3 is 5.32 Å². The Labute approximate surface area is 156 Å². The van der Waals surface area contributed by atoms with E-state index in [1.807, 2.05) is 13.8 Å². The van der Waals surface area contributed by atoms with E-state index in [-0.39, 0.29) is 24.3 Å². The fourth-order valence-electron chi connectivity index (χ4n) is 4.17. The predicted molar refractivity (Wildman–Crippen MR) is 93.6 cm³/mol. The summed E-state index contributed by atoms with van der Waals surface area (Å²) in [5.74, 6) is -3.75. The Morgan fingerprint density at radius 2 is 1.70 bits per heavy atom. The van der Waals surface area contributed by atoms with Crippen molar-refractivity contribution in [3.63, 3.8) is 0 Å². The van der Waals surface area contributed by atoms with Crippen LogP contribution in [0.4, 0.5) is 13.6 Å². The molecule has 6 nitrogen and oxygen atoms in total. The lowest BCUT2D eigenvalue weighted by Crippen LogP contribution is -2.58. The van der Waals surface area contributed by atoms with Crippen LogP contribution in [0.1, 0.15) is 38.7 Å². The molecule has 2 unspecified atom stereocenters. The molecule has 1 saturated heterocycles. The molecular formula is C18H22F2N2O4S. The zero-order valence-corrected chi connectivity index (χ0v) is 15.9. The predicted octanol–water partition coefficient (Wildman–Crippen LogP) is 2.93. The van der Waals surface area contributed by atoms with Gasteiger partial charge in [-0.1, -0.05) is 32.4 Å². The maximum atomic E-state index is 13.1. The molecule has 2 fully saturated rings. The van der Waals surface area contributed by atoms with E-state index in [2.05, 4.69) is 5.32 Å². The molecule has 2 atom stereocenters. The Balaban J connectivity index is 1.82. The highest BCUT2D eigenvalue weighted by atomic mass is 32.2. The number of halogens is 2. The van der Waals surface area contributed by atoms with E-state index in [9.17, 15) is 26.8 Å². The van der Waals surface area contributed by atoms with Crippen LogP contribution < -0.4 is 5.32 Å². The Bertz CT molecular complexity index is 845. The average Bonchev–Trinajstić information content (AvgIpc) is 2.86. The largest absolute Gasteiger partial charge is 0.341 e. The number of hydrogen-bond donors (Lipinski definition) is 1. The second kappa shape index (κ2) is 6.85. The molecule has 0 aromatic heterocycles. The molecule has 2 aliphatic rings. The summed E-state index contributed by atoms with van der Waals surface area (Å²) in [6, 6.07) is 4.33. The standard InChI is InChI=1S/C18H22F2N2O4S/c1-11-4-3-5-12(2)18(11)15(23)22(17(24)21-18)10-13-6-8-14(9-7-13)27(25,26)16(19)20/h6-9,11-12,16H,3-5,10H2,1-2H3,(H,21,24). The maximum absolute atomic E-state index is 13.1. The molecule has 3 rings (SSSR count). The molecular weight excluding hydrogens is 378 g/mol. The van der Waals surface area contributed by atoms with E-state index in [0.29, 0.717) is 5.56 Å². The molecule has 1 aliphatic carbocycles. The van der Waals surface area contributed by atoms with Gasteiger partial charge in [0.25, 0.3) is 5.91 Å². The first-order valence-electron chi connectivity index (χ1n) is 8.85. The number of carbonyl (C=O) groups is 2. The molecule has 3 amide bonds. The number of urea groups is 1. The fraction of sp³-hybridized carbons (Fsp3) is 0.556. The van der Waals surface area contributed by atoms with Gasteiger partial charge >= 0.3 is 11.8 Å². The topological polar surface area (TPSA) is 83.6 Å². The van der Waals surface area contributed by atoms with Crippen LogP contribution >= 0.6 is 0 Å². The van der Waals surface area contributed by atoms with Gasteiger partial charge in [0.2, 0.25) is 9.84 Å². The number of benzene rings is 1. The van der Waals surface area contributed by atoms with Crippen LogP contribution in [-0.2, 0) is 21.2 Å². The Kier molecular flexibility index (Phi) is 5.00. The number of nitrogens with zero attached hydrogens (tertiary/aromatic N) is 1. The molecule has 0 bridgehead atoms. The number of nitrogens with one attached hydrogen (secondary N) is 1. The third kappa shape index (κ3) is 3.11. The van der Waals surface area contributed by atoms with Gasteiger partial charge in [0, 0.05) is 0 Å². The first-order chi connectivity index (χ1) is 12.6. The number of alkyl halides is 2. The van der Waals surface area contributed by atoms with Gasteiger partial charge in [0.1, 0.15) is 5.54 Å². The van der Waals surface area contributed by atoms with Crippen LogP contribution in [0.25, 0.3) is 0 Å². The average molecular weight is 400 g/mol. The lowest BCUT2D eigenvalue weighted by Gasteiger charge is -2.42. The first kappa shape index (κ1) is 19.7. The minimum Gasteiger partial charge on any atom is -0.323 e. The number of sulfone groups is 1. The summed E-state index contributed by atoms with van der Waals surface area (Å²) in [4.78, 5) is 26.2. The number of hydrogen-bond acceptors (Lipinski definition) is 4. The molecule has 27 heavy (non-hydrogen) atoms. The van der Waals surface area contributed by atoms with Crippen molar-refractivity contribution in [3.8, 4) is 0 Å². The second-order valence-electron chi connectivity index (χ2n) is 7.37. The van der Waals surface area contributed by atoms with Gasteiger partial charge in [-0.25, -0.2) is 13.2 Å². The van der Waals surface area contributed by atoms with Crippen LogP contribution in [0, 0.1) is 11.8 Å². The normalized spacial score (nSPS) is 28.9. The molecule has 1 N–H and O–H groups in total. The van der Waals surface area contributed by atoms with Crippen LogP contribution in [0.3, 0.4) is 0 Å². The second-order valence-corrected chi connectivity index (χ2v) is 9.29. The minimum atomic E-state index is -4.67. The van der Waals surface area contributed by atoms with Crippen molar-refractivity contribution < 1.29 is 26.8 Å². The SMILES string of the molecule is CC1CCCC(C)C12NC(=O)N(Cc1ccc(S(=O)(=O)C(F)F)cc1)C2=O.